The Balaban J connectivity index is 1.74. The van der Waals surface area contributed by atoms with Crippen LogP contribution in [0, 0.1) is 12.8 Å². The van der Waals surface area contributed by atoms with Gasteiger partial charge < -0.3 is 10.3 Å². The lowest BCUT2D eigenvalue weighted by Crippen LogP contribution is -2.46. The molecular formula is C17H21N5O5S. The normalized spacial score (nSPS) is 18.0. The SMILES string of the molecule is Cc1[nH]c(=O)[nH]c(=O)c1S(=O)(=O)N1CCCC(C(=O)NCc2ccncc2)C1. The molecule has 0 bridgehead atoms. The van der Waals surface area contributed by atoms with Gasteiger partial charge in [0.2, 0.25) is 15.9 Å². The Hall–Kier alpha value is -2.79. The van der Waals surface area contributed by atoms with E-state index in [-0.39, 0.29) is 24.7 Å². The molecule has 150 valence electrons. The number of rotatable bonds is 5. The van der Waals surface area contributed by atoms with Crippen molar-refractivity contribution in [3.8, 4) is 0 Å². The van der Waals surface area contributed by atoms with Gasteiger partial charge in [-0.25, -0.2) is 13.2 Å². The summed E-state index contributed by atoms with van der Waals surface area (Å²) in [6.07, 6.45) is 4.29. The Kier molecular flexibility index (Phi) is 5.75. The number of pyridine rings is 1. The number of nitrogens with zero attached hydrogens (tertiary/aromatic N) is 2. The van der Waals surface area contributed by atoms with E-state index in [1.807, 2.05) is 4.98 Å². The lowest BCUT2D eigenvalue weighted by molar-refractivity contribution is -0.126. The third-order valence-electron chi connectivity index (χ3n) is 4.64. The van der Waals surface area contributed by atoms with Crippen LogP contribution in [0.5, 0.6) is 0 Å². The van der Waals surface area contributed by atoms with Crippen LogP contribution in [0.15, 0.2) is 39.0 Å². The van der Waals surface area contributed by atoms with Gasteiger partial charge in [0.15, 0.2) is 4.90 Å². The zero-order chi connectivity index (χ0) is 20.3. The van der Waals surface area contributed by atoms with Gasteiger partial charge in [-0.15, -0.1) is 0 Å². The second-order valence-electron chi connectivity index (χ2n) is 6.64. The number of carbonyl (C=O) groups excluding carboxylic acids is 1. The molecule has 3 N–H and O–H groups in total. The highest BCUT2D eigenvalue weighted by Gasteiger charge is 2.35. The maximum Gasteiger partial charge on any atom is 0.325 e. The molecule has 1 unspecified atom stereocenters. The van der Waals surface area contributed by atoms with Crippen molar-refractivity contribution in [3.05, 3.63) is 56.6 Å². The number of amides is 1. The number of carbonyl (C=O) groups is 1. The molecule has 0 aromatic carbocycles. The molecule has 0 saturated carbocycles. The maximum atomic E-state index is 12.9. The van der Waals surface area contributed by atoms with Crippen LogP contribution in [0.1, 0.15) is 24.1 Å². The average Bonchev–Trinajstić information content (AvgIpc) is 2.66. The second-order valence-corrected chi connectivity index (χ2v) is 8.51. The lowest BCUT2D eigenvalue weighted by atomic mass is 9.99. The van der Waals surface area contributed by atoms with Gasteiger partial charge in [-0.3, -0.25) is 19.6 Å². The summed E-state index contributed by atoms with van der Waals surface area (Å²) in [4.78, 5) is 43.5. The molecule has 28 heavy (non-hydrogen) atoms. The number of hydrogen-bond acceptors (Lipinski definition) is 6. The molecule has 1 atom stereocenters. The summed E-state index contributed by atoms with van der Waals surface area (Å²) in [5, 5.41) is 2.81. The summed E-state index contributed by atoms with van der Waals surface area (Å²) in [7, 11) is -4.14. The van der Waals surface area contributed by atoms with E-state index in [2.05, 4.69) is 15.3 Å². The molecule has 2 aromatic rings. The summed E-state index contributed by atoms with van der Waals surface area (Å²) in [5.41, 5.74) is -0.879. The van der Waals surface area contributed by atoms with Crippen LogP contribution >= 0.6 is 0 Å². The van der Waals surface area contributed by atoms with E-state index in [4.69, 9.17) is 0 Å². The van der Waals surface area contributed by atoms with Crippen LogP contribution in [0.25, 0.3) is 0 Å². The van der Waals surface area contributed by atoms with Crippen molar-refractivity contribution >= 4 is 15.9 Å². The molecule has 1 aliphatic heterocycles. The number of aromatic amines is 2. The highest BCUT2D eigenvalue weighted by atomic mass is 32.2. The summed E-state index contributed by atoms with van der Waals surface area (Å²) < 4.78 is 27.0. The van der Waals surface area contributed by atoms with E-state index < -0.39 is 32.1 Å². The fourth-order valence-corrected chi connectivity index (χ4v) is 4.96. The number of aromatic nitrogens is 3. The van der Waals surface area contributed by atoms with E-state index in [9.17, 15) is 22.8 Å². The van der Waals surface area contributed by atoms with Crippen LogP contribution in [0.3, 0.4) is 0 Å². The minimum atomic E-state index is -4.14. The van der Waals surface area contributed by atoms with Crippen molar-refractivity contribution in [1.29, 1.82) is 0 Å². The van der Waals surface area contributed by atoms with Crippen molar-refractivity contribution in [2.75, 3.05) is 13.1 Å². The van der Waals surface area contributed by atoms with Crippen molar-refractivity contribution in [2.45, 2.75) is 31.2 Å². The highest BCUT2D eigenvalue weighted by molar-refractivity contribution is 7.89. The van der Waals surface area contributed by atoms with Crippen molar-refractivity contribution in [1.82, 2.24) is 24.6 Å². The molecule has 1 aliphatic rings. The third-order valence-corrected chi connectivity index (χ3v) is 6.66. The van der Waals surface area contributed by atoms with Crippen LogP contribution < -0.4 is 16.6 Å². The molecule has 11 heteroatoms. The zero-order valence-electron chi connectivity index (χ0n) is 15.3. The monoisotopic (exact) mass is 407 g/mol. The summed E-state index contributed by atoms with van der Waals surface area (Å²) in [6.45, 7) is 1.85. The predicted molar refractivity (Wildman–Crippen MR) is 100.0 cm³/mol. The fourth-order valence-electron chi connectivity index (χ4n) is 3.24. The Morgan fingerprint density at radius 3 is 2.68 bits per heavy atom. The van der Waals surface area contributed by atoms with Gasteiger partial charge in [0, 0.05) is 37.7 Å². The molecular weight excluding hydrogens is 386 g/mol. The van der Waals surface area contributed by atoms with E-state index in [1.165, 1.54) is 6.92 Å². The van der Waals surface area contributed by atoms with E-state index in [0.29, 0.717) is 19.4 Å². The summed E-state index contributed by atoms with van der Waals surface area (Å²) >= 11 is 0. The van der Waals surface area contributed by atoms with E-state index in [0.717, 1.165) is 9.87 Å². The predicted octanol–water partition coefficient (Wildman–Crippen LogP) is -0.516. The number of hydrogen-bond donors (Lipinski definition) is 3. The molecule has 0 radical (unpaired) electrons. The van der Waals surface area contributed by atoms with Gasteiger partial charge in [-0.2, -0.15) is 4.31 Å². The van der Waals surface area contributed by atoms with Crippen LogP contribution in [-0.2, 0) is 21.4 Å². The van der Waals surface area contributed by atoms with Crippen LogP contribution in [0.2, 0.25) is 0 Å². The molecule has 3 rings (SSSR count). The van der Waals surface area contributed by atoms with E-state index >= 15 is 0 Å². The minimum absolute atomic E-state index is 0.0253. The summed E-state index contributed by atoms with van der Waals surface area (Å²) in [6, 6.07) is 3.56. The largest absolute Gasteiger partial charge is 0.352 e. The smallest absolute Gasteiger partial charge is 0.325 e. The number of sulfonamides is 1. The zero-order valence-corrected chi connectivity index (χ0v) is 16.1. The molecule has 2 aromatic heterocycles. The Labute approximate surface area is 161 Å². The first-order valence-corrected chi connectivity index (χ1v) is 10.2. The first-order chi connectivity index (χ1) is 13.3. The second kappa shape index (κ2) is 8.07. The number of aryl methyl sites for hydroxylation is 1. The van der Waals surface area contributed by atoms with Gasteiger partial charge in [0.05, 0.1) is 5.92 Å². The van der Waals surface area contributed by atoms with Gasteiger partial charge in [-0.1, -0.05) is 0 Å². The first kappa shape index (κ1) is 20.0. The number of nitrogens with one attached hydrogen (secondary N) is 3. The fraction of sp³-hybridized carbons (Fsp3) is 0.412. The van der Waals surface area contributed by atoms with Gasteiger partial charge in [0.25, 0.3) is 5.56 Å². The Bertz CT molecular complexity index is 1080. The van der Waals surface area contributed by atoms with Crippen LogP contribution in [0.4, 0.5) is 0 Å². The Morgan fingerprint density at radius 1 is 1.29 bits per heavy atom. The standard InChI is InChI=1S/C17H21N5O5S/c1-11-14(16(24)21-17(25)20-11)28(26,27)22-8-2-3-13(10-22)15(23)19-9-12-4-6-18-7-5-12/h4-7,13H,2-3,8-10H2,1H3,(H,19,23)(H2,20,21,24,25). The van der Waals surface area contributed by atoms with Gasteiger partial charge in [-0.05, 0) is 37.5 Å². The molecule has 0 spiro atoms. The molecule has 1 fully saturated rings. The molecule has 3 heterocycles. The van der Waals surface area contributed by atoms with Crippen LogP contribution in [-0.4, -0.2) is 46.7 Å². The maximum absolute atomic E-state index is 12.9. The molecule has 1 amide bonds. The molecule has 0 aliphatic carbocycles. The van der Waals surface area contributed by atoms with Crippen molar-refractivity contribution in [3.63, 3.8) is 0 Å². The first-order valence-electron chi connectivity index (χ1n) is 8.79. The molecule has 1 saturated heterocycles. The summed E-state index contributed by atoms with van der Waals surface area (Å²) in [5.74, 6) is -0.767. The number of H-pyrrole nitrogens is 2. The Morgan fingerprint density at radius 2 is 2.00 bits per heavy atom. The van der Waals surface area contributed by atoms with Crippen molar-refractivity contribution < 1.29 is 13.2 Å². The highest BCUT2D eigenvalue weighted by Crippen LogP contribution is 2.23. The molecule has 10 nitrogen and oxygen atoms in total. The van der Waals surface area contributed by atoms with E-state index in [1.54, 1.807) is 24.5 Å². The third kappa shape index (κ3) is 4.20. The lowest BCUT2D eigenvalue weighted by Gasteiger charge is -2.31. The quantitative estimate of drug-likeness (QED) is 0.608. The average molecular weight is 407 g/mol. The van der Waals surface area contributed by atoms with Gasteiger partial charge in [0.1, 0.15) is 0 Å². The van der Waals surface area contributed by atoms with Gasteiger partial charge >= 0.3 is 5.69 Å². The van der Waals surface area contributed by atoms with Crippen molar-refractivity contribution in [2.24, 2.45) is 5.92 Å². The minimum Gasteiger partial charge on any atom is -0.352 e. The number of piperidine rings is 1. The topological polar surface area (TPSA) is 145 Å².